The van der Waals surface area contributed by atoms with Crippen molar-refractivity contribution in [2.45, 2.75) is 19.3 Å². The number of para-hydroxylation sites is 1. The Labute approximate surface area is 192 Å². The smallest absolute Gasteiger partial charge is 0.416 e. The molecule has 4 rings (SSSR count). The lowest BCUT2D eigenvalue weighted by atomic mass is 10.1. The van der Waals surface area contributed by atoms with Crippen molar-refractivity contribution in [3.8, 4) is 11.5 Å². The molecule has 0 radical (unpaired) electrons. The number of piperazine rings is 1. The molecule has 0 amide bonds. The van der Waals surface area contributed by atoms with E-state index in [-0.39, 0.29) is 6.61 Å². The number of ether oxygens (including phenoxy) is 2. The molecule has 1 aliphatic heterocycles. The van der Waals surface area contributed by atoms with Crippen molar-refractivity contribution in [2.24, 2.45) is 0 Å². The van der Waals surface area contributed by atoms with E-state index in [9.17, 15) is 13.2 Å². The minimum atomic E-state index is -4.34. The quantitative estimate of drug-likeness (QED) is 0.461. The fraction of sp³-hybridized carbons (Fsp3) is 0.308. The van der Waals surface area contributed by atoms with Crippen LogP contribution in [0.15, 0.2) is 72.8 Å². The van der Waals surface area contributed by atoms with Crippen LogP contribution in [-0.2, 0) is 19.3 Å². The zero-order valence-corrected chi connectivity index (χ0v) is 18.5. The molecular weight excluding hydrogens is 429 g/mol. The minimum Gasteiger partial charge on any atom is -0.496 e. The SMILES string of the molecule is COc1cc(OCc2ccc(C(F)(F)F)cc2)ccc1CN1CCN(c2ccccc2)CC1. The van der Waals surface area contributed by atoms with Crippen molar-refractivity contribution < 1.29 is 22.6 Å². The predicted octanol–water partition coefficient (Wildman–Crippen LogP) is 5.62. The largest absolute Gasteiger partial charge is 0.496 e. The average molecular weight is 457 g/mol. The standard InChI is InChI=1S/C26H27F3N2O2/c1-32-25-17-24(33-19-20-7-10-22(11-8-20)26(27,28)29)12-9-21(25)18-30-13-15-31(16-14-30)23-5-3-2-4-6-23/h2-12,17H,13-16,18-19H2,1H3. The lowest BCUT2D eigenvalue weighted by Gasteiger charge is -2.36. The number of halogens is 3. The van der Waals surface area contributed by atoms with E-state index in [1.807, 2.05) is 24.3 Å². The first-order valence-electron chi connectivity index (χ1n) is 10.9. The first kappa shape index (κ1) is 23.0. The Morgan fingerprint density at radius 1 is 0.848 bits per heavy atom. The van der Waals surface area contributed by atoms with Crippen LogP contribution in [0.1, 0.15) is 16.7 Å². The van der Waals surface area contributed by atoms with Gasteiger partial charge in [0.15, 0.2) is 0 Å². The third kappa shape index (κ3) is 5.99. The molecular formula is C26H27F3N2O2. The number of anilines is 1. The topological polar surface area (TPSA) is 24.9 Å². The normalized spacial score (nSPS) is 14.8. The summed E-state index contributed by atoms with van der Waals surface area (Å²) in [5.41, 5.74) is 2.33. The van der Waals surface area contributed by atoms with Crippen molar-refractivity contribution in [3.63, 3.8) is 0 Å². The van der Waals surface area contributed by atoms with Gasteiger partial charge < -0.3 is 14.4 Å². The van der Waals surface area contributed by atoms with Gasteiger partial charge in [-0.25, -0.2) is 0 Å². The van der Waals surface area contributed by atoms with Gasteiger partial charge in [0.05, 0.1) is 12.7 Å². The lowest BCUT2D eigenvalue weighted by Crippen LogP contribution is -2.45. The number of alkyl halides is 3. The Morgan fingerprint density at radius 2 is 1.55 bits per heavy atom. The minimum absolute atomic E-state index is 0.183. The van der Waals surface area contributed by atoms with Crippen molar-refractivity contribution in [1.29, 1.82) is 0 Å². The second-order valence-electron chi connectivity index (χ2n) is 8.06. The Bertz CT molecular complexity index is 1030. The summed E-state index contributed by atoms with van der Waals surface area (Å²) in [5.74, 6) is 1.36. The van der Waals surface area contributed by atoms with E-state index < -0.39 is 11.7 Å². The molecule has 174 valence electrons. The second kappa shape index (κ2) is 10.2. The van der Waals surface area contributed by atoms with E-state index in [4.69, 9.17) is 9.47 Å². The molecule has 1 saturated heterocycles. The third-order valence-corrected chi connectivity index (χ3v) is 5.83. The van der Waals surface area contributed by atoms with Gasteiger partial charge >= 0.3 is 6.18 Å². The second-order valence-corrected chi connectivity index (χ2v) is 8.06. The van der Waals surface area contributed by atoms with E-state index in [0.717, 1.165) is 56.2 Å². The Morgan fingerprint density at radius 3 is 2.18 bits per heavy atom. The molecule has 1 aliphatic rings. The number of methoxy groups -OCH3 is 1. The fourth-order valence-corrected chi connectivity index (χ4v) is 3.95. The van der Waals surface area contributed by atoms with Crippen molar-refractivity contribution in [2.75, 3.05) is 38.2 Å². The van der Waals surface area contributed by atoms with Crippen molar-refractivity contribution >= 4 is 5.69 Å². The summed E-state index contributed by atoms with van der Waals surface area (Å²) in [6, 6.07) is 21.1. The molecule has 0 atom stereocenters. The molecule has 0 N–H and O–H groups in total. The summed E-state index contributed by atoms with van der Waals surface area (Å²) in [6.45, 7) is 4.84. The number of hydrogen-bond acceptors (Lipinski definition) is 4. The van der Waals surface area contributed by atoms with Gasteiger partial charge in [0.1, 0.15) is 18.1 Å². The summed E-state index contributed by atoms with van der Waals surface area (Å²) in [7, 11) is 1.63. The summed E-state index contributed by atoms with van der Waals surface area (Å²) in [5, 5.41) is 0. The highest BCUT2D eigenvalue weighted by Crippen LogP contribution is 2.30. The number of benzene rings is 3. The van der Waals surface area contributed by atoms with Gasteiger partial charge in [0, 0.05) is 50.0 Å². The monoisotopic (exact) mass is 456 g/mol. The van der Waals surface area contributed by atoms with E-state index in [0.29, 0.717) is 11.3 Å². The highest BCUT2D eigenvalue weighted by Gasteiger charge is 2.29. The molecule has 3 aromatic rings. The van der Waals surface area contributed by atoms with Crippen LogP contribution in [0.25, 0.3) is 0 Å². The van der Waals surface area contributed by atoms with Crippen LogP contribution in [0.3, 0.4) is 0 Å². The van der Waals surface area contributed by atoms with E-state index in [1.54, 1.807) is 7.11 Å². The van der Waals surface area contributed by atoms with Gasteiger partial charge in [-0.15, -0.1) is 0 Å². The van der Waals surface area contributed by atoms with Crippen LogP contribution in [0, 0.1) is 0 Å². The third-order valence-electron chi connectivity index (χ3n) is 5.83. The molecule has 7 heteroatoms. The predicted molar refractivity (Wildman–Crippen MR) is 123 cm³/mol. The number of hydrogen-bond donors (Lipinski definition) is 0. The van der Waals surface area contributed by atoms with Crippen LogP contribution in [0.2, 0.25) is 0 Å². The van der Waals surface area contributed by atoms with Crippen LogP contribution in [-0.4, -0.2) is 38.2 Å². The molecule has 4 nitrogen and oxygen atoms in total. The highest BCUT2D eigenvalue weighted by molar-refractivity contribution is 5.46. The van der Waals surface area contributed by atoms with Gasteiger partial charge in [-0.1, -0.05) is 36.4 Å². The van der Waals surface area contributed by atoms with Gasteiger partial charge in [0.2, 0.25) is 0 Å². The molecule has 0 aliphatic carbocycles. The molecule has 0 bridgehead atoms. The first-order chi connectivity index (χ1) is 15.9. The van der Waals surface area contributed by atoms with Gasteiger partial charge in [0.25, 0.3) is 0 Å². The van der Waals surface area contributed by atoms with Crippen molar-refractivity contribution in [3.05, 3.63) is 89.5 Å². The lowest BCUT2D eigenvalue weighted by molar-refractivity contribution is -0.137. The summed E-state index contributed by atoms with van der Waals surface area (Å²) in [6.07, 6.45) is -4.34. The fourth-order valence-electron chi connectivity index (χ4n) is 3.95. The van der Waals surface area contributed by atoms with E-state index in [2.05, 4.69) is 34.1 Å². The maximum atomic E-state index is 12.7. The Kier molecular flexibility index (Phi) is 7.08. The van der Waals surface area contributed by atoms with Crippen LogP contribution in [0.4, 0.5) is 18.9 Å². The van der Waals surface area contributed by atoms with Gasteiger partial charge in [-0.3, -0.25) is 4.90 Å². The van der Waals surface area contributed by atoms with Crippen LogP contribution in [0.5, 0.6) is 11.5 Å². The molecule has 1 fully saturated rings. The van der Waals surface area contributed by atoms with E-state index in [1.165, 1.54) is 17.8 Å². The first-order valence-corrected chi connectivity index (χ1v) is 10.9. The molecule has 0 saturated carbocycles. The summed E-state index contributed by atoms with van der Waals surface area (Å²) in [4.78, 5) is 4.80. The van der Waals surface area contributed by atoms with Crippen LogP contribution >= 0.6 is 0 Å². The maximum absolute atomic E-state index is 12.7. The summed E-state index contributed by atoms with van der Waals surface area (Å²) < 4.78 is 49.5. The zero-order valence-electron chi connectivity index (χ0n) is 18.5. The van der Waals surface area contributed by atoms with E-state index >= 15 is 0 Å². The summed E-state index contributed by atoms with van der Waals surface area (Å²) >= 11 is 0. The molecule has 1 heterocycles. The van der Waals surface area contributed by atoms with Crippen molar-refractivity contribution in [1.82, 2.24) is 4.90 Å². The number of rotatable bonds is 7. The molecule has 0 unspecified atom stereocenters. The highest BCUT2D eigenvalue weighted by atomic mass is 19.4. The van der Waals surface area contributed by atoms with Gasteiger partial charge in [-0.2, -0.15) is 13.2 Å². The van der Waals surface area contributed by atoms with Crippen LogP contribution < -0.4 is 14.4 Å². The average Bonchev–Trinajstić information content (AvgIpc) is 2.84. The molecule has 0 spiro atoms. The molecule has 0 aromatic heterocycles. The number of nitrogens with zero attached hydrogens (tertiary/aromatic N) is 2. The zero-order chi connectivity index (χ0) is 23.3. The molecule has 33 heavy (non-hydrogen) atoms. The van der Waals surface area contributed by atoms with Gasteiger partial charge in [-0.05, 0) is 35.9 Å². The molecule has 3 aromatic carbocycles. The maximum Gasteiger partial charge on any atom is 0.416 e. The Balaban J connectivity index is 1.32. The Hall–Kier alpha value is -3.19.